The first-order valence-electron chi connectivity index (χ1n) is 4.97. The summed E-state index contributed by atoms with van der Waals surface area (Å²) in [6, 6.07) is 11.7. The van der Waals surface area contributed by atoms with E-state index >= 15 is 0 Å². The zero-order valence-corrected chi connectivity index (χ0v) is 9.92. The van der Waals surface area contributed by atoms with Gasteiger partial charge in [-0.25, -0.2) is 4.98 Å². The number of nitro benzene ring substituents is 1. The summed E-state index contributed by atoms with van der Waals surface area (Å²) in [6.45, 7) is 0. The molecule has 1 heterocycles. The molecule has 1 aromatic carbocycles. The molecule has 0 N–H and O–H groups in total. The van der Waals surface area contributed by atoms with Crippen LogP contribution in [0.2, 0.25) is 0 Å². The summed E-state index contributed by atoms with van der Waals surface area (Å²) < 4.78 is 0. The maximum absolute atomic E-state index is 10.5. The fourth-order valence-electron chi connectivity index (χ4n) is 1.31. The van der Waals surface area contributed by atoms with Crippen molar-refractivity contribution in [2.24, 2.45) is 0 Å². The predicted molar refractivity (Wildman–Crippen MR) is 66.2 cm³/mol. The molecule has 0 fully saturated rings. The summed E-state index contributed by atoms with van der Waals surface area (Å²) in [4.78, 5) is 15.7. The highest BCUT2D eigenvalue weighted by Crippen LogP contribution is 2.28. The van der Waals surface area contributed by atoms with Crippen molar-refractivity contribution in [1.82, 2.24) is 4.98 Å². The molecule has 0 bridgehead atoms. The minimum absolute atomic E-state index is 0.0618. The van der Waals surface area contributed by atoms with Crippen LogP contribution in [0.3, 0.4) is 0 Å². The second kappa shape index (κ2) is 5.29. The zero-order chi connectivity index (χ0) is 13.0. The molecule has 0 atom stereocenters. The van der Waals surface area contributed by atoms with Crippen LogP contribution in [0.25, 0.3) is 0 Å². The Bertz CT molecular complexity index is 620. The fourth-order valence-corrected chi connectivity index (χ4v) is 2.15. The third-order valence-electron chi connectivity index (χ3n) is 2.13. The molecule has 5 nitrogen and oxygen atoms in total. The van der Waals surface area contributed by atoms with Crippen molar-refractivity contribution in [3.05, 3.63) is 58.4 Å². The molecule has 2 aromatic rings. The number of hydrogen-bond donors (Lipinski definition) is 0. The van der Waals surface area contributed by atoms with Crippen LogP contribution in [0.4, 0.5) is 5.69 Å². The van der Waals surface area contributed by atoms with E-state index < -0.39 is 4.92 Å². The molecule has 0 aliphatic rings. The van der Waals surface area contributed by atoms with Crippen LogP contribution in [0.15, 0.2) is 52.4 Å². The van der Waals surface area contributed by atoms with Crippen molar-refractivity contribution in [3.63, 3.8) is 0 Å². The molecule has 0 spiro atoms. The molecule has 0 aliphatic heterocycles. The Morgan fingerprint density at radius 1 is 1.22 bits per heavy atom. The Morgan fingerprint density at radius 2 is 1.94 bits per heavy atom. The average Bonchev–Trinajstić information content (AvgIpc) is 2.39. The van der Waals surface area contributed by atoms with Gasteiger partial charge in [-0.05, 0) is 24.3 Å². The van der Waals surface area contributed by atoms with E-state index in [-0.39, 0.29) is 5.69 Å². The van der Waals surface area contributed by atoms with E-state index in [1.54, 1.807) is 30.5 Å². The van der Waals surface area contributed by atoms with Gasteiger partial charge in [0.05, 0.1) is 4.92 Å². The normalized spacial score (nSPS) is 9.72. The number of aromatic nitrogens is 1. The topological polar surface area (TPSA) is 79.8 Å². The van der Waals surface area contributed by atoms with E-state index in [0.717, 1.165) is 9.79 Å². The van der Waals surface area contributed by atoms with Crippen molar-refractivity contribution in [2.75, 3.05) is 0 Å². The lowest BCUT2D eigenvalue weighted by Crippen LogP contribution is -1.86. The van der Waals surface area contributed by atoms with E-state index in [1.165, 1.54) is 23.9 Å². The molecule has 0 aliphatic carbocycles. The van der Waals surface area contributed by atoms with Crippen LogP contribution in [0.5, 0.6) is 0 Å². The van der Waals surface area contributed by atoms with Crippen LogP contribution in [0.1, 0.15) is 5.69 Å². The quantitative estimate of drug-likeness (QED) is 0.623. The Kier molecular flexibility index (Phi) is 3.55. The highest BCUT2D eigenvalue weighted by Gasteiger charge is 2.05. The van der Waals surface area contributed by atoms with Gasteiger partial charge in [0.15, 0.2) is 0 Å². The smallest absolute Gasteiger partial charge is 0.258 e. The number of benzene rings is 1. The first-order chi connectivity index (χ1) is 8.69. The molecule has 1 aromatic heterocycles. The predicted octanol–water partition coefficient (Wildman–Crippen LogP) is 3.01. The Hall–Kier alpha value is -2.39. The SMILES string of the molecule is N#Cc1cc(Sc2ccc([N+](=O)[O-])cc2)ccn1. The van der Waals surface area contributed by atoms with Gasteiger partial charge < -0.3 is 0 Å². The Morgan fingerprint density at radius 3 is 2.56 bits per heavy atom. The van der Waals surface area contributed by atoms with Crippen LogP contribution in [-0.2, 0) is 0 Å². The van der Waals surface area contributed by atoms with E-state index in [1.807, 2.05) is 6.07 Å². The number of nitro groups is 1. The van der Waals surface area contributed by atoms with Crippen molar-refractivity contribution < 1.29 is 4.92 Å². The van der Waals surface area contributed by atoms with Gasteiger partial charge in [0.1, 0.15) is 11.8 Å². The maximum Gasteiger partial charge on any atom is 0.269 e. The monoisotopic (exact) mass is 257 g/mol. The van der Waals surface area contributed by atoms with E-state index in [9.17, 15) is 10.1 Å². The molecular formula is C12H7N3O2S. The average molecular weight is 257 g/mol. The maximum atomic E-state index is 10.5. The van der Waals surface area contributed by atoms with Crippen LogP contribution in [-0.4, -0.2) is 9.91 Å². The summed E-state index contributed by atoms with van der Waals surface area (Å²) in [5.41, 5.74) is 0.411. The number of nitrogens with zero attached hydrogens (tertiary/aromatic N) is 3. The largest absolute Gasteiger partial charge is 0.269 e. The molecule has 18 heavy (non-hydrogen) atoms. The summed E-state index contributed by atoms with van der Waals surface area (Å²) in [6.07, 6.45) is 1.56. The highest BCUT2D eigenvalue weighted by atomic mass is 32.2. The molecule has 0 saturated heterocycles. The Labute approximate surface area is 107 Å². The van der Waals surface area contributed by atoms with E-state index in [2.05, 4.69) is 4.98 Å². The summed E-state index contributed by atoms with van der Waals surface area (Å²) in [5, 5.41) is 19.2. The van der Waals surface area contributed by atoms with Crippen molar-refractivity contribution in [2.45, 2.75) is 9.79 Å². The number of nitriles is 1. The molecule has 88 valence electrons. The van der Waals surface area contributed by atoms with E-state index in [4.69, 9.17) is 5.26 Å². The lowest BCUT2D eigenvalue weighted by Gasteiger charge is -2.01. The minimum atomic E-state index is -0.436. The summed E-state index contributed by atoms with van der Waals surface area (Å²) in [7, 11) is 0. The van der Waals surface area contributed by atoms with Crippen LogP contribution >= 0.6 is 11.8 Å². The Balaban J connectivity index is 2.18. The number of pyridine rings is 1. The number of non-ortho nitro benzene ring substituents is 1. The second-order valence-electron chi connectivity index (χ2n) is 3.34. The molecule has 0 amide bonds. The second-order valence-corrected chi connectivity index (χ2v) is 4.49. The van der Waals surface area contributed by atoms with Crippen molar-refractivity contribution in [1.29, 1.82) is 5.26 Å². The van der Waals surface area contributed by atoms with Crippen molar-refractivity contribution >= 4 is 17.4 Å². The standard InChI is InChI=1S/C12H7N3O2S/c13-8-9-7-12(5-6-14-9)18-11-3-1-10(2-4-11)15(16)17/h1-7H. The van der Waals surface area contributed by atoms with Crippen LogP contribution in [0, 0.1) is 21.4 Å². The molecule has 2 rings (SSSR count). The van der Waals surface area contributed by atoms with Gasteiger partial charge in [0.2, 0.25) is 0 Å². The van der Waals surface area contributed by atoms with Gasteiger partial charge in [0, 0.05) is 28.1 Å². The molecule has 0 unspecified atom stereocenters. The fraction of sp³-hybridized carbons (Fsp3) is 0. The summed E-state index contributed by atoms with van der Waals surface area (Å²) >= 11 is 1.42. The first kappa shape index (κ1) is 12.1. The zero-order valence-electron chi connectivity index (χ0n) is 9.11. The minimum Gasteiger partial charge on any atom is -0.258 e. The number of rotatable bonds is 3. The van der Waals surface area contributed by atoms with Gasteiger partial charge in [-0.15, -0.1) is 0 Å². The highest BCUT2D eigenvalue weighted by molar-refractivity contribution is 7.99. The van der Waals surface area contributed by atoms with Gasteiger partial charge in [-0.2, -0.15) is 5.26 Å². The molecular weight excluding hydrogens is 250 g/mol. The first-order valence-corrected chi connectivity index (χ1v) is 5.79. The van der Waals surface area contributed by atoms with Gasteiger partial charge in [-0.3, -0.25) is 10.1 Å². The van der Waals surface area contributed by atoms with E-state index in [0.29, 0.717) is 5.69 Å². The lowest BCUT2D eigenvalue weighted by atomic mass is 10.3. The van der Waals surface area contributed by atoms with Crippen molar-refractivity contribution in [3.8, 4) is 6.07 Å². The lowest BCUT2D eigenvalue weighted by molar-refractivity contribution is -0.384. The molecule has 0 saturated carbocycles. The van der Waals surface area contributed by atoms with Gasteiger partial charge >= 0.3 is 0 Å². The van der Waals surface area contributed by atoms with Crippen LogP contribution < -0.4 is 0 Å². The summed E-state index contributed by atoms with van der Waals surface area (Å²) in [5.74, 6) is 0. The molecule has 6 heteroatoms. The van der Waals surface area contributed by atoms with Gasteiger partial charge in [-0.1, -0.05) is 11.8 Å². The molecule has 0 radical (unpaired) electrons. The third-order valence-corrected chi connectivity index (χ3v) is 3.13. The number of hydrogen-bond acceptors (Lipinski definition) is 5. The third kappa shape index (κ3) is 2.84. The van der Waals surface area contributed by atoms with Gasteiger partial charge in [0.25, 0.3) is 5.69 Å².